The van der Waals surface area contributed by atoms with E-state index in [1.165, 1.54) is 28.6 Å². The van der Waals surface area contributed by atoms with Crippen LogP contribution >= 0.6 is 0 Å². The Balaban J connectivity index is 1.81. The van der Waals surface area contributed by atoms with Gasteiger partial charge in [-0.15, -0.1) is 0 Å². The summed E-state index contributed by atoms with van der Waals surface area (Å²) in [6.45, 7) is 0.908. The van der Waals surface area contributed by atoms with E-state index in [-0.39, 0.29) is 10.6 Å². The van der Waals surface area contributed by atoms with E-state index in [0.717, 1.165) is 37.8 Å². The van der Waals surface area contributed by atoms with Gasteiger partial charge in [0.1, 0.15) is 16.5 Å². The second-order valence-corrected chi connectivity index (χ2v) is 10.1. The highest BCUT2D eigenvalue weighted by Gasteiger charge is 2.25. The molecular formula is C18H20F2N2O4S2. The van der Waals surface area contributed by atoms with E-state index in [4.69, 9.17) is 0 Å². The van der Waals surface area contributed by atoms with Crippen molar-refractivity contribution in [2.75, 3.05) is 17.8 Å². The summed E-state index contributed by atoms with van der Waals surface area (Å²) in [5.41, 5.74) is 0.0403. The molecule has 28 heavy (non-hydrogen) atoms. The molecule has 1 aliphatic rings. The number of halogens is 2. The molecule has 1 aliphatic heterocycles. The van der Waals surface area contributed by atoms with Crippen LogP contribution in [0.3, 0.4) is 0 Å². The summed E-state index contributed by atoms with van der Waals surface area (Å²) in [6, 6.07) is 7.26. The summed E-state index contributed by atoms with van der Waals surface area (Å²) in [6.07, 6.45) is 3.58. The molecular weight excluding hydrogens is 410 g/mol. The van der Waals surface area contributed by atoms with Gasteiger partial charge in [0.05, 0.1) is 4.90 Å². The van der Waals surface area contributed by atoms with Gasteiger partial charge in [-0.05, 0) is 55.3 Å². The largest absolute Gasteiger partial charge is 0.280 e. The molecule has 1 heterocycles. The topological polar surface area (TPSA) is 83.5 Å². The van der Waals surface area contributed by atoms with Crippen LogP contribution in [-0.2, 0) is 20.0 Å². The second kappa shape index (κ2) is 8.14. The maximum Gasteiger partial charge on any atom is 0.264 e. The van der Waals surface area contributed by atoms with E-state index in [9.17, 15) is 25.6 Å². The van der Waals surface area contributed by atoms with Crippen LogP contribution in [0.4, 0.5) is 14.5 Å². The fourth-order valence-corrected chi connectivity index (χ4v) is 5.69. The number of rotatable bonds is 5. The van der Waals surface area contributed by atoms with Crippen molar-refractivity contribution in [3.05, 3.63) is 54.1 Å². The molecule has 1 fully saturated rings. The molecule has 1 N–H and O–H groups in total. The summed E-state index contributed by atoms with van der Waals surface area (Å²) in [7, 11) is -8.03. The summed E-state index contributed by atoms with van der Waals surface area (Å²) in [5, 5.41) is 0. The summed E-state index contributed by atoms with van der Waals surface area (Å²) in [5.74, 6) is -1.98. The van der Waals surface area contributed by atoms with Crippen LogP contribution in [-0.4, -0.2) is 34.2 Å². The van der Waals surface area contributed by atoms with Gasteiger partial charge in [-0.1, -0.05) is 12.8 Å². The molecule has 152 valence electrons. The standard InChI is InChI=1S/C18H20F2N2O4S2/c19-14-5-10-17(20)18(13-14)27(23,24)21-15-6-8-16(9-7-15)28(25,26)22-11-3-1-2-4-12-22/h5-10,13,21H,1-4,11-12H2. The maximum absolute atomic E-state index is 13.8. The van der Waals surface area contributed by atoms with E-state index in [0.29, 0.717) is 19.2 Å². The van der Waals surface area contributed by atoms with Crippen molar-refractivity contribution in [3.8, 4) is 0 Å². The van der Waals surface area contributed by atoms with Crippen molar-refractivity contribution in [1.82, 2.24) is 4.31 Å². The van der Waals surface area contributed by atoms with E-state index in [2.05, 4.69) is 4.72 Å². The van der Waals surface area contributed by atoms with Crippen LogP contribution in [0.5, 0.6) is 0 Å². The Bertz CT molecular complexity index is 1050. The zero-order valence-corrected chi connectivity index (χ0v) is 16.6. The lowest BCUT2D eigenvalue weighted by Gasteiger charge is -2.20. The van der Waals surface area contributed by atoms with Gasteiger partial charge in [0.15, 0.2) is 0 Å². The summed E-state index contributed by atoms with van der Waals surface area (Å²) < 4.78 is 80.7. The molecule has 0 aromatic heterocycles. The van der Waals surface area contributed by atoms with E-state index in [1.807, 2.05) is 0 Å². The Morgan fingerprint density at radius 2 is 1.43 bits per heavy atom. The third kappa shape index (κ3) is 4.50. The van der Waals surface area contributed by atoms with Crippen molar-refractivity contribution in [1.29, 1.82) is 0 Å². The maximum atomic E-state index is 13.8. The Morgan fingerprint density at radius 3 is 2.04 bits per heavy atom. The number of anilines is 1. The Hall–Kier alpha value is -2.04. The first-order valence-corrected chi connectivity index (χ1v) is 11.7. The van der Waals surface area contributed by atoms with Gasteiger partial charge in [-0.3, -0.25) is 4.72 Å². The molecule has 0 radical (unpaired) electrons. The molecule has 0 bridgehead atoms. The van der Waals surface area contributed by atoms with Gasteiger partial charge in [0.2, 0.25) is 10.0 Å². The average molecular weight is 430 g/mol. The predicted molar refractivity (Wildman–Crippen MR) is 101 cm³/mol. The van der Waals surface area contributed by atoms with Gasteiger partial charge in [-0.2, -0.15) is 4.31 Å². The van der Waals surface area contributed by atoms with Gasteiger partial charge >= 0.3 is 0 Å². The molecule has 3 rings (SSSR count). The number of benzene rings is 2. The molecule has 0 unspecified atom stereocenters. The molecule has 0 spiro atoms. The van der Waals surface area contributed by atoms with Crippen molar-refractivity contribution in [2.24, 2.45) is 0 Å². The molecule has 2 aromatic carbocycles. The SMILES string of the molecule is O=S(=O)(Nc1ccc(S(=O)(=O)N2CCCCCC2)cc1)c1cc(F)ccc1F. The first-order chi connectivity index (χ1) is 13.2. The van der Waals surface area contributed by atoms with E-state index in [1.54, 1.807) is 0 Å². The second-order valence-electron chi connectivity index (χ2n) is 6.52. The molecule has 0 atom stereocenters. The third-order valence-corrected chi connectivity index (χ3v) is 7.80. The van der Waals surface area contributed by atoms with Crippen molar-refractivity contribution in [3.63, 3.8) is 0 Å². The molecule has 0 amide bonds. The van der Waals surface area contributed by atoms with Crippen LogP contribution in [0.1, 0.15) is 25.7 Å². The lowest BCUT2D eigenvalue weighted by Crippen LogP contribution is -2.31. The highest BCUT2D eigenvalue weighted by molar-refractivity contribution is 7.92. The molecule has 6 nitrogen and oxygen atoms in total. The van der Waals surface area contributed by atoms with Crippen LogP contribution in [0.25, 0.3) is 0 Å². The van der Waals surface area contributed by atoms with Gasteiger partial charge < -0.3 is 0 Å². The predicted octanol–water partition coefficient (Wildman–Crippen LogP) is 3.33. The molecule has 10 heteroatoms. The highest BCUT2D eigenvalue weighted by atomic mass is 32.2. The van der Waals surface area contributed by atoms with Crippen molar-refractivity contribution >= 4 is 25.7 Å². The van der Waals surface area contributed by atoms with Gasteiger partial charge in [-0.25, -0.2) is 25.6 Å². The fourth-order valence-electron chi connectivity index (χ4n) is 3.02. The smallest absolute Gasteiger partial charge is 0.264 e. The number of hydrogen-bond acceptors (Lipinski definition) is 4. The quantitative estimate of drug-likeness (QED) is 0.789. The first-order valence-electron chi connectivity index (χ1n) is 8.78. The molecule has 2 aromatic rings. The Labute approximate surface area is 163 Å². The lowest BCUT2D eigenvalue weighted by molar-refractivity contribution is 0.424. The van der Waals surface area contributed by atoms with E-state index >= 15 is 0 Å². The Morgan fingerprint density at radius 1 is 0.821 bits per heavy atom. The van der Waals surface area contributed by atoms with Crippen LogP contribution in [0, 0.1) is 11.6 Å². The van der Waals surface area contributed by atoms with Crippen molar-refractivity contribution in [2.45, 2.75) is 35.5 Å². The number of nitrogens with one attached hydrogen (secondary N) is 1. The molecule has 1 saturated heterocycles. The minimum atomic E-state index is -4.36. The summed E-state index contributed by atoms with van der Waals surface area (Å²) >= 11 is 0. The third-order valence-electron chi connectivity index (χ3n) is 4.49. The van der Waals surface area contributed by atoms with Crippen LogP contribution < -0.4 is 4.72 Å². The zero-order chi connectivity index (χ0) is 20.4. The van der Waals surface area contributed by atoms with Crippen molar-refractivity contribution < 1.29 is 25.6 Å². The average Bonchev–Trinajstić information content (AvgIpc) is 2.94. The van der Waals surface area contributed by atoms with Gasteiger partial charge in [0, 0.05) is 18.8 Å². The molecule has 0 aliphatic carbocycles. The zero-order valence-electron chi connectivity index (χ0n) is 14.9. The monoisotopic (exact) mass is 430 g/mol. The Kier molecular flexibility index (Phi) is 6.01. The lowest BCUT2D eigenvalue weighted by atomic mass is 10.2. The van der Waals surface area contributed by atoms with E-state index < -0.39 is 36.6 Å². The van der Waals surface area contributed by atoms with Gasteiger partial charge in [0.25, 0.3) is 10.0 Å². The highest BCUT2D eigenvalue weighted by Crippen LogP contribution is 2.24. The number of nitrogens with zero attached hydrogens (tertiary/aromatic N) is 1. The van der Waals surface area contributed by atoms with Crippen LogP contribution in [0.15, 0.2) is 52.3 Å². The van der Waals surface area contributed by atoms with Crippen LogP contribution in [0.2, 0.25) is 0 Å². The minimum absolute atomic E-state index is 0.0403. The number of sulfonamides is 2. The summed E-state index contributed by atoms with van der Waals surface area (Å²) in [4.78, 5) is -0.775. The first kappa shape index (κ1) is 20.7. The normalized spacial score (nSPS) is 16.5. The minimum Gasteiger partial charge on any atom is -0.280 e. The molecule has 0 saturated carbocycles. The number of hydrogen-bond donors (Lipinski definition) is 1. The fraction of sp³-hybridized carbons (Fsp3) is 0.333.